The molecule has 0 aliphatic heterocycles. The average molecular weight is 236 g/mol. The van der Waals surface area contributed by atoms with Gasteiger partial charge < -0.3 is 5.32 Å². The van der Waals surface area contributed by atoms with Crippen molar-refractivity contribution in [2.45, 2.75) is 44.6 Å². The van der Waals surface area contributed by atoms with Gasteiger partial charge in [0.25, 0.3) is 0 Å². The first-order valence-electron chi connectivity index (χ1n) is 6.45. The third-order valence-electron chi connectivity index (χ3n) is 4.30. The van der Waals surface area contributed by atoms with E-state index in [4.69, 9.17) is 0 Å². The molecule has 0 amide bonds. The third-order valence-corrected chi connectivity index (χ3v) is 5.30. The Balaban J connectivity index is 1.50. The van der Waals surface area contributed by atoms with Crippen molar-refractivity contribution in [3.8, 4) is 0 Å². The molecule has 2 saturated carbocycles. The first-order chi connectivity index (χ1) is 7.83. The van der Waals surface area contributed by atoms with Crippen LogP contribution in [0.1, 0.15) is 43.5 Å². The smallest absolute Gasteiger partial charge is 0.0965 e. The molecule has 2 aliphatic carbocycles. The standard InChI is InChI=1S/C13H20N2S/c1-9(13-14-4-5-16-13)8-15-12-7-10-2-3-11(12)6-10/h4-5,9-12,15H,2-3,6-8H2,1H3. The van der Waals surface area contributed by atoms with Gasteiger partial charge in [-0.15, -0.1) is 11.3 Å². The third kappa shape index (κ3) is 2.03. The van der Waals surface area contributed by atoms with Crippen molar-refractivity contribution < 1.29 is 0 Å². The largest absolute Gasteiger partial charge is 0.313 e. The van der Waals surface area contributed by atoms with Gasteiger partial charge in [0.1, 0.15) is 0 Å². The molecule has 2 fully saturated rings. The molecule has 4 unspecified atom stereocenters. The number of hydrogen-bond donors (Lipinski definition) is 1. The zero-order valence-corrected chi connectivity index (χ0v) is 10.7. The monoisotopic (exact) mass is 236 g/mol. The molecule has 4 atom stereocenters. The van der Waals surface area contributed by atoms with E-state index in [9.17, 15) is 0 Å². The molecular weight excluding hydrogens is 216 g/mol. The van der Waals surface area contributed by atoms with Crippen LogP contribution in [0.3, 0.4) is 0 Å². The number of nitrogens with zero attached hydrogens (tertiary/aromatic N) is 1. The predicted octanol–water partition coefficient (Wildman–Crippen LogP) is 3.02. The molecule has 0 saturated heterocycles. The number of hydrogen-bond acceptors (Lipinski definition) is 3. The summed E-state index contributed by atoms with van der Waals surface area (Å²) in [6.45, 7) is 3.38. The highest BCUT2D eigenvalue weighted by molar-refractivity contribution is 7.09. The van der Waals surface area contributed by atoms with Gasteiger partial charge in [0.05, 0.1) is 5.01 Å². The summed E-state index contributed by atoms with van der Waals surface area (Å²) in [5, 5.41) is 7.11. The molecule has 3 rings (SSSR count). The van der Waals surface area contributed by atoms with Crippen LogP contribution in [-0.2, 0) is 0 Å². The van der Waals surface area contributed by atoms with E-state index in [1.165, 1.54) is 30.7 Å². The summed E-state index contributed by atoms with van der Waals surface area (Å²) < 4.78 is 0. The van der Waals surface area contributed by atoms with Crippen molar-refractivity contribution in [1.82, 2.24) is 10.3 Å². The molecule has 0 radical (unpaired) electrons. The van der Waals surface area contributed by atoms with E-state index in [-0.39, 0.29) is 0 Å². The molecule has 0 spiro atoms. The van der Waals surface area contributed by atoms with Crippen LogP contribution in [0.4, 0.5) is 0 Å². The van der Waals surface area contributed by atoms with Crippen molar-refractivity contribution in [2.24, 2.45) is 11.8 Å². The molecular formula is C13H20N2S. The molecule has 1 heterocycles. The number of fused-ring (bicyclic) bond motifs is 2. The summed E-state index contributed by atoms with van der Waals surface area (Å²) in [5.74, 6) is 2.59. The van der Waals surface area contributed by atoms with E-state index in [0.717, 1.165) is 24.4 Å². The molecule has 88 valence electrons. The van der Waals surface area contributed by atoms with Crippen LogP contribution < -0.4 is 5.32 Å². The maximum absolute atomic E-state index is 4.39. The maximum Gasteiger partial charge on any atom is 0.0965 e. The molecule has 0 aromatic carbocycles. The molecule has 2 aliphatic rings. The fraction of sp³-hybridized carbons (Fsp3) is 0.769. The van der Waals surface area contributed by atoms with Gasteiger partial charge in [-0.05, 0) is 31.1 Å². The van der Waals surface area contributed by atoms with Crippen LogP contribution in [0.25, 0.3) is 0 Å². The van der Waals surface area contributed by atoms with Gasteiger partial charge in [-0.2, -0.15) is 0 Å². The second-order valence-corrected chi connectivity index (χ2v) is 6.39. The summed E-state index contributed by atoms with van der Waals surface area (Å²) in [5.41, 5.74) is 0. The molecule has 1 aromatic heterocycles. The Morgan fingerprint density at radius 3 is 3.06 bits per heavy atom. The van der Waals surface area contributed by atoms with Crippen molar-refractivity contribution in [1.29, 1.82) is 0 Å². The lowest BCUT2D eigenvalue weighted by Crippen LogP contribution is -2.36. The predicted molar refractivity (Wildman–Crippen MR) is 67.8 cm³/mol. The number of rotatable bonds is 4. The SMILES string of the molecule is CC(CNC1CC2CCC1C2)c1nccs1. The van der Waals surface area contributed by atoms with Crippen molar-refractivity contribution in [3.63, 3.8) is 0 Å². The van der Waals surface area contributed by atoms with Crippen LogP contribution in [0.5, 0.6) is 0 Å². The Labute approximate surface area is 101 Å². The Kier molecular flexibility index (Phi) is 2.99. The van der Waals surface area contributed by atoms with Crippen LogP contribution in [-0.4, -0.2) is 17.6 Å². The highest BCUT2D eigenvalue weighted by Gasteiger charge is 2.39. The molecule has 3 heteroatoms. The summed E-state index contributed by atoms with van der Waals surface area (Å²) >= 11 is 1.78. The van der Waals surface area contributed by atoms with E-state index < -0.39 is 0 Å². The van der Waals surface area contributed by atoms with E-state index in [1.807, 2.05) is 6.20 Å². The van der Waals surface area contributed by atoms with Gasteiger partial charge in [-0.3, -0.25) is 0 Å². The quantitative estimate of drug-likeness (QED) is 0.869. The molecule has 2 nitrogen and oxygen atoms in total. The second-order valence-electron chi connectivity index (χ2n) is 5.46. The Hall–Kier alpha value is -0.410. The fourth-order valence-electron chi connectivity index (χ4n) is 3.39. The number of nitrogens with one attached hydrogen (secondary N) is 1. The van der Waals surface area contributed by atoms with Gasteiger partial charge in [-0.1, -0.05) is 13.3 Å². The number of thiazole rings is 1. The van der Waals surface area contributed by atoms with Crippen LogP contribution >= 0.6 is 11.3 Å². The average Bonchev–Trinajstić information content (AvgIpc) is 3.01. The minimum absolute atomic E-state index is 0.569. The van der Waals surface area contributed by atoms with E-state index >= 15 is 0 Å². The minimum Gasteiger partial charge on any atom is -0.313 e. The zero-order chi connectivity index (χ0) is 11.0. The summed E-state index contributed by atoms with van der Waals surface area (Å²) in [6.07, 6.45) is 7.78. The summed E-state index contributed by atoms with van der Waals surface area (Å²) in [4.78, 5) is 4.39. The molecule has 1 aromatic rings. The molecule has 1 N–H and O–H groups in total. The lowest BCUT2D eigenvalue weighted by Gasteiger charge is -2.24. The Morgan fingerprint density at radius 2 is 2.44 bits per heavy atom. The fourth-order valence-corrected chi connectivity index (χ4v) is 4.09. The number of aromatic nitrogens is 1. The van der Waals surface area contributed by atoms with E-state index in [2.05, 4.69) is 22.6 Å². The zero-order valence-electron chi connectivity index (χ0n) is 9.86. The van der Waals surface area contributed by atoms with Crippen molar-refractivity contribution >= 4 is 11.3 Å². The first kappa shape index (κ1) is 10.7. The van der Waals surface area contributed by atoms with Crippen LogP contribution in [0.15, 0.2) is 11.6 Å². The second kappa shape index (κ2) is 4.46. The summed E-state index contributed by atoms with van der Waals surface area (Å²) in [6, 6.07) is 0.807. The minimum atomic E-state index is 0.569. The highest BCUT2D eigenvalue weighted by Crippen LogP contribution is 2.44. The van der Waals surface area contributed by atoms with Gasteiger partial charge in [-0.25, -0.2) is 4.98 Å². The van der Waals surface area contributed by atoms with Crippen molar-refractivity contribution in [2.75, 3.05) is 6.54 Å². The topological polar surface area (TPSA) is 24.9 Å². The van der Waals surface area contributed by atoms with Gasteiger partial charge in [0.2, 0.25) is 0 Å². The van der Waals surface area contributed by atoms with Gasteiger partial charge >= 0.3 is 0 Å². The lowest BCUT2D eigenvalue weighted by atomic mass is 9.95. The van der Waals surface area contributed by atoms with E-state index in [0.29, 0.717) is 5.92 Å². The van der Waals surface area contributed by atoms with Crippen LogP contribution in [0.2, 0.25) is 0 Å². The molecule has 2 bridgehead atoms. The Bertz CT molecular complexity index is 336. The highest BCUT2D eigenvalue weighted by atomic mass is 32.1. The first-order valence-corrected chi connectivity index (χ1v) is 7.33. The maximum atomic E-state index is 4.39. The lowest BCUT2D eigenvalue weighted by molar-refractivity contribution is 0.347. The molecule has 16 heavy (non-hydrogen) atoms. The van der Waals surface area contributed by atoms with Gasteiger partial charge in [0.15, 0.2) is 0 Å². The van der Waals surface area contributed by atoms with Crippen LogP contribution in [0, 0.1) is 11.8 Å². The normalized spacial score (nSPS) is 34.4. The van der Waals surface area contributed by atoms with E-state index in [1.54, 1.807) is 11.3 Å². The summed E-state index contributed by atoms with van der Waals surface area (Å²) in [7, 11) is 0. The van der Waals surface area contributed by atoms with Crippen molar-refractivity contribution in [3.05, 3.63) is 16.6 Å². The van der Waals surface area contributed by atoms with Gasteiger partial charge in [0, 0.05) is 30.1 Å². The Morgan fingerprint density at radius 1 is 1.50 bits per heavy atom.